The molecule has 1 N–H and O–H groups in total. The van der Waals surface area contributed by atoms with Crippen LogP contribution in [-0.2, 0) is 14.8 Å². The minimum Gasteiger partial charge on any atom is -0.490 e. The van der Waals surface area contributed by atoms with E-state index in [1.165, 1.54) is 12.1 Å². The first kappa shape index (κ1) is 23.7. The lowest BCUT2D eigenvalue weighted by molar-refractivity contribution is -0.127. The number of hydrogen-bond donors (Lipinski definition) is 1. The number of anilines is 2. The van der Waals surface area contributed by atoms with Gasteiger partial charge in [-0.05, 0) is 56.5 Å². The summed E-state index contributed by atoms with van der Waals surface area (Å²) in [5.41, 5.74) is 0.815. The highest BCUT2D eigenvalue weighted by molar-refractivity contribution is 7.92. The van der Waals surface area contributed by atoms with E-state index in [0.29, 0.717) is 34.3 Å². The molecule has 1 aliphatic rings. The molecule has 0 radical (unpaired) electrons. The highest BCUT2D eigenvalue weighted by Gasteiger charge is 2.38. The van der Waals surface area contributed by atoms with E-state index in [4.69, 9.17) is 27.9 Å². The zero-order chi connectivity index (χ0) is 23.1. The largest absolute Gasteiger partial charge is 0.490 e. The third kappa shape index (κ3) is 4.94. The van der Waals surface area contributed by atoms with Crippen LogP contribution in [0.3, 0.4) is 0 Å². The van der Waals surface area contributed by atoms with Crippen molar-refractivity contribution in [2.75, 3.05) is 22.8 Å². The number of carbonyl (C=O) groups excluding carboxylic acids is 1. The zero-order valence-electron chi connectivity index (χ0n) is 18.1. The summed E-state index contributed by atoms with van der Waals surface area (Å²) in [5.74, 6) is 0.661. The Morgan fingerprint density at radius 1 is 1.16 bits per heavy atom. The molecule has 2 aromatic rings. The second-order valence-electron chi connectivity index (χ2n) is 8.80. The average molecular weight is 485 g/mol. The van der Waals surface area contributed by atoms with Crippen molar-refractivity contribution >= 4 is 50.5 Å². The summed E-state index contributed by atoms with van der Waals surface area (Å²) in [5, 5.41) is 0.421. The molecule has 0 bridgehead atoms. The molecule has 0 fully saturated rings. The first-order chi connectivity index (χ1) is 14.3. The molecular formula is C22H26Cl2N2O4S. The molecule has 168 valence electrons. The molecule has 1 aliphatic heterocycles. The molecule has 6 nitrogen and oxygen atoms in total. The van der Waals surface area contributed by atoms with Crippen LogP contribution in [-0.4, -0.2) is 27.5 Å². The van der Waals surface area contributed by atoms with E-state index in [1.807, 2.05) is 27.7 Å². The lowest BCUT2D eigenvalue weighted by Crippen LogP contribution is -2.43. The van der Waals surface area contributed by atoms with Gasteiger partial charge in [-0.25, -0.2) is 8.42 Å². The van der Waals surface area contributed by atoms with Crippen LogP contribution >= 0.6 is 23.2 Å². The second-order valence-corrected chi connectivity index (χ2v) is 11.3. The minimum absolute atomic E-state index is 0.0308. The fourth-order valence-electron chi connectivity index (χ4n) is 3.30. The summed E-state index contributed by atoms with van der Waals surface area (Å²) in [7, 11) is -3.96. The fraction of sp³-hybridized carbons (Fsp3) is 0.409. The molecule has 0 atom stereocenters. The van der Waals surface area contributed by atoms with Gasteiger partial charge < -0.3 is 9.64 Å². The Morgan fingerprint density at radius 3 is 2.48 bits per heavy atom. The van der Waals surface area contributed by atoms with Crippen molar-refractivity contribution in [3.8, 4) is 5.75 Å². The molecular weight excluding hydrogens is 459 g/mol. The number of rotatable bonds is 5. The SMILES string of the molecule is Cc1cc(S(=O)(=O)Nc2ccc3c(c2)OCC(C)(C)C(=O)N3CC(C)C)c(Cl)cc1Cl. The van der Waals surface area contributed by atoms with Gasteiger partial charge in [-0.2, -0.15) is 0 Å². The predicted molar refractivity (Wildman–Crippen MR) is 125 cm³/mol. The molecule has 0 aromatic heterocycles. The highest BCUT2D eigenvalue weighted by atomic mass is 35.5. The summed E-state index contributed by atoms with van der Waals surface area (Å²) in [4.78, 5) is 14.7. The maximum Gasteiger partial charge on any atom is 0.263 e. The van der Waals surface area contributed by atoms with Gasteiger partial charge in [0.15, 0.2) is 0 Å². The second kappa shape index (κ2) is 8.52. The molecule has 0 spiro atoms. The van der Waals surface area contributed by atoms with Gasteiger partial charge >= 0.3 is 0 Å². The van der Waals surface area contributed by atoms with E-state index in [2.05, 4.69) is 4.72 Å². The van der Waals surface area contributed by atoms with Crippen LogP contribution in [0.5, 0.6) is 5.75 Å². The van der Waals surface area contributed by atoms with Gasteiger partial charge in [0.1, 0.15) is 17.3 Å². The number of hydrogen-bond acceptors (Lipinski definition) is 4. The topological polar surface area (TPSA) is 75.7 Å². The number of fused-ring (bicyclic) bond motifs is 1. The van der Waals surface area contributed by atoms with Crippen molar-refractivity contribution in [2.45, 2.75) is 39.5 Å². The van der Waals surface area contributed by atoms with E-state index in [1.54, 1.807) is 30.0 Å². The van der Waals surface area contributed by atoms with Crippen LogP contribution in [0.2, 0.25) is 10.0 Å². The lowest BCUT2D eigenvalue weighted by atomic mass is 9.92. The number of benzene rings is 2. The summed E-state index contributed by atoms with van der Waals surface area (Å²) in [6, 6.07) is 7.73. The maximum atomic E-state index is 13.1. The first-order valence-electron chi connectivity index (χ1n) is 9.89. The summed E-state index contributed by atoms with van der Waals surface area (Å²) in [6.45, 7) is 10.2. The zero-order valence-corrected chi connectivity index (χ0v) is 20.5. The molecule has 0 saturated carbocycles. The molecule has 1 heterocycles. The fourth-order valence-corrected chi connectivity index (χ4v) is 5.19. The molecule has 0 saturated heterocycles. The van der Waals surface area contributed by atoms with Crippen LogP contribution < -0.4 is 14.4 Å². The standard InChI is InChI=1S/C22H26Cl2N2O4S/c1-13(2)11-26-18-7-6-15(9-19(18)30-12-22(4,5)21(26)27)25-31(28,29)20-8-14(3)16(23)10-17(20)24/h6-10,13,25H,11-12H2,1-5H3. The monoisotopic (exact) mass is 484 g/mol. The minimum atomic E-state index is -3.96. The Hall–Kier alpha value is -1.96. The number of amides is 1. The number of carbonyl (C=O) groups is 1. The average Bonchev–Trinajstić information content (AvgIpc) is 2.74. The Balaban J connectivity index is 1.99. The molecule has 3 rings (SSSR count). The van der Waals surface area contributed by atoms with Gasteiger partial charge in [0, 0.05) is 17.6 Å². The Bertz CT molecular complexity index is 1130. The predicted octanol–water partition coefficient (Wildman–Crippen LogP) is 5.51. The van der Waals surface area contributed by atoms with Crippen LogP contribution in [0.4, 0.5) is 11.4 Å². The van der Waals surface area contributed by atoms with Crippen LogP contribution in [0.1, 0.15) is 33.3 Å². The van der Waals surface area contributed by atoms with E-state index in [-0.39, 0.29) is 28.4 Å². The first-order valence-corrected chi connectivity index (χ1v) is 12.1. The van der Waals surface area contributed by atoms with Crippen molar-refractivity contribution in [1.82, 2.24) is 0 Å². The van der Waals surface area contributed by atoms with E-state index in [0.717, 1.165) is 0 Å². The van der Waals surface area contributed by atoms with Crippen molar-refractivity contribution in [3.63, 3.8) is 0 Å². The summed E-state index contributed by atoms with van der Waals surface area (Å²) in [6.07, 6.45) is 0. The quantitative estimate of drug-likeness (QED) is 0.606. The molecule has 2 aromatic carbocycles. The molecule has 31 heavy (non-hydrogen) atoms. The number of ether oxygens (including phenoxy) is 1. The van der Waals surface area contributed by atoms with Crippen molar-refractivity contribution in [1.29, 1.82) is 0 Å². The van der Waals surface area contributed by atoms with Crippen molar-refractivity contribution in [3.05, 3.63) is 45.9 Å². The maximum absolute atomic E-state index is 13.1. The van der Waals surface area contributed by atoms with Gasteiger partial charge in [0.25, 0.3) is 10.0 Å². The van der Waals surface area contributed by atoms with Crippen LogP contribution in [0, 0.1) is 18.3 Å². The van der Waals surface area contributed by atoms with Gasteiger partial charge in [0.2, 0.25) is 5.91 Å². The molecule has 0 unspecified atom stereocenters. The van der Waals surface area contributed by atoms with E-state index in [9.17, 15) is 13.2 Å². The number of sulfonamides is 1. The van der Waals surface area contributed by atoms with Gasteiger partial charge in [0.05, 0.1) is 21.8 Å². The van der Waals surface area contributed by atoms with Gasteiger partial charge in [-0.15, -0.1) is 0 Å². The Labute approximate surface area is 193 Å². The number of nitrogens with one attached hydrogen (secondary N) is 1. The third-order valence-corrected chi connectivity index (χ3v) is 7.22. The van der Waals surface area contributed by atoms with Gasteiger partial charge in [-0.3, -0.25) is 9.52 Å². The normalized spacial score (nSPS) is 16.0. The van der Waals surface area contributed by atoms with E-state index < -0.39 is 15.4 Å². The Kier molecular flexibility index (Phi) is 6.52. The smallest absolute Gasteiger partial charge is 0.263 e. The van der Waals surface area contributed by atoms with Crippen LogP contribution in [0.15, 0.2) is 35.2 Å². The van der Waals surface area contributed by atoms with Crippen molar-refractivity contribution in [2.24, 2.45) is 11.3 Å². The van der Waals surface area contributed by atoms with Crippen LogP contribution in [0.25, 0.3) is 0 Å². The highest BCUT2D eigenvalue weighted by Crippen LogP contribution is 2.39. The number of nitrogens with zero attached hydrogens (tertiary/aromatic N) is 1. The molecule has 1 amide bonds. The Morgan fingerprint density at radius 2 is 1.84 bits per heavy atom. The van der Waals surface area contributed by atoms with Crippen molar-refractivity contribution < 1.29 is 17.9 Å². The van der Waals surface area contributed by atoms with Gasteiger partial charge in [-0.1, -0.05) is 37.0 Å². The summed E-state index contributed by atoms with van der Waals surface area (Å²) >= 11 is 12.2. The molecule has 0 aliphatic carbocycles. The molecule has 9 heteroatoms. The summed E-state index contributed by atoms with van der Waals surface area (Å²) < 4.78 is 34.4. The third-order valence-electron chi connectivity index (χ3n) is 4.97. The lowest BCUT2D eigenvalue weighted by Gasteiger charge is -2.29. The number of aryl methyl sites for hydroxylation is 1. The number of halogens is 2. The van der Waals surface area contributed by atoms with E-state index >= 15 is 0 Å².